The van der Waals surface area contributed by atoms with E-state index in [2.05, 4.69) is 21.0 Å². The molecule has 114 valence electrons. The van der Waals surface area contributed by atoms with Gasteiger partial charge in [0.2, 0.25) is 11.8 Å². The molecule has 1 aliphatic heterocycles. The van der Waals surface area contributed by atoms with Gasteiger partial charge in [-0.3, -0.25) is 14.3 Å². The van der Waals surface area contributed by atoms with Crippen molar-refractivity contribution in [3.63, 3.8) is 0 Å². The van der Waals surface area contributed by atoms with Crippen LogP contribution in [0.4, 0.5) is 5.69 Å². The van der Waals surface area contributed by atoms with Crippen LogP contribution in [-0.4, -0.2) is 40.2 Å². The van der Waals surface area contributed by atoms with E-state index in [4.69, 9.17) is 0 Å². The normalized spacial score (nSPS) is 21.2. The van der Waals surface area contributed by atoms with Crippen LogP contribution in [-0.2, 0) is 16.1 Å². The average molecular weight is 291 g/mol. The topological polar surface area (TPSA) is 88.1 Å². The third-order valence-corrected chi connectivity index (χ3v) is 3.76. The summed E-state index contributed by atoms with van der Waals surface area (Å²) < 4.78 is 1.54. The van der Waals surface area contributed by atoms with Gasteiger partial charge >= 0.3 is 0 Å². The van der Waals surface area contributed by atoms with Gasteiger partial charge in [-0.25, -0.2) is 0 Å². The summed E-state index contributed by atoms with van der Waals surface area (Å²) in [4.78, 5) is 23.5. The van der Waals surface area contributed by atoms with Crippen molar-refractivity contribution >= 4 is 17.5 Å². The molecule has 1 atom stereocenters. The first-order chi connectivity index (χ1) is 10.2. The molecule has 3 rings (SSSR count). The van der Waals surface area contributed by atoms with E-state index in [0.717, 1.165) is 32.2 Å². The zero-order valence-electron chi connectivity index (χ0n) is 12.0. The lowest BCUT2D eigenvalue weighted by Gasteiger charge is -2.09. The Balaban J connectivity index is 1.45. The second-order valence-electron chi connectivity index (χ2n) is 5.81. The molecule has 2 heterocycles. The van der Waals surface area contributed by atoms with E-state index in [-0.39, 0.29) is 24.4 Å². The molecule has 3 N–H and O–H groups in total. The summed E-state index contributed by atoms with van der Waals surface area (Å²) >= 11 is 0. The molecular formula is C14H21N5O2. The number of hydrogen-bond acceptors (Lipinski definition) is 4. The van der Waals surface area contributed by atoms with Crippen molar-refractivity contribution in [1.82, 2.24) is 20.4 Å². The summed E-state index contributed by atoms with van der Waals surface area (Å²) in [6.45, 7) is 1.18. The summed E-state index contributed by atoms with van der Waals surface area (Å²) in [5, 5.41) is 13.1. The second-order valence-corrected chi connectivity index (χ2v) is 5.81. The van der Waals surface area contributed by atoms with Gasteiger partial charge in [-0.1, -0.05) is 0 Å². The highest BCUT2D eigenvalue weighted by atomic mass is 16.2. The fourth-order valence-electron chi connectivity index (χ4n) is 2.53. The van der Waals surface area contributed by atoms with Crippen LogP contribution in [0.15, 0.2) is 12.4 Å². The number of carbonyl (C=O) groups excluding carboxylic acids is 2. The smallest absolute Gasteiger partial charge is 0.241 e. The van der Waals surface area contributed by atoms with Crippen LogP contribution < -0.4 is 16.0 Å². The number of nitrogens with zero attached hydrogens (tertiary/aromatic N) is 2. The molecule has 2 aliphatic rings. The lowest BCUT2D eigenvalue weighted by atomic mass is 10.1. The molecule has 0 radical (unpaired) electrons. The highest BCUT2D eigenvalue weighted by Crippen LogP contribution is 2.18. The molecule has 0 bridgehead atoms. The van der Waals surface area contributed by atoms with Crippen LogP contribution in [0.3, 0.4) is 0 Å². The van der Waals surface area contributed by atoms with Gasteiger partial charge in [0.25, 0.3) is 0 Å². The van der Waals surface area contributed by atoms with Crippen molar-refractivity contribution in [2.45, 2.75) is 50.7 Å². The van der Waals surface area contributed by atoms with E-state index < -0.39 is 0 Å². The van der Waals surface area contributed by atoms with Gasteiger partial charge in [-0.2, -0.15) is 5.10 Å². The maximum atomic E-state index is 11.9. The van der Waals surface area contributed by atoms with E-state index in [1.54, 1.807) is 17.1 Å². The average Bonchev–Trinajstić information content (AvgIpc) is 2.91. The fraction of sp³-hybridized carbons (Fsp3) is 0.643. The Morgan fingerprint density at radius 1 is 1.33 bits per heavy atom. The largest absolute Gasteiger partial charge is 0.352 e. The Hall–Kier alpha value is -1.89. The molecule has 2 amide bonds. The highest BCUT2D eigenvalue weighted by molar-refractivity contribution is 5.90. The van der Waals surface area contributed by atoms with Crippen LogP contribution >= 0.6 is 0 Å². The molecule has 1 aromatic rings. The Morgan fingerprint density at radius 3 is 2.90 bits per heavy atom. The number of nitrogens with one attached hydrogen (secondary N) is 3. The number of carbonyl (C=O) groups is 2. The first-order valence-electron chi connectivity index (χ1n) is 7.54. The van der Waals surface area contributed by atoms with E-state index in [1.807, 2.05) is 0 Å². The third kappa shape index (κ3) is 4.29. The Morgan fingerprint density at radius 2 is 2.19 bits per heavy atom. The summed E-state index contributed by atoms with van der Waals surface area (Å²) in [5.74, 6) is -0.0509. The van der Waals surface area contributed by atoms with E-state index in [0.29, 0.717) is 18.2 Å². The van der Waals surface area contributed by atoms with Crippen LogP contribution in [0.2, 0.25) is 0 Å². The maximum Gasteiger partial charge on any atom is 0.241 e. The number of aromatic nitrogens is 2. The van der Waals surface area contributed by atoms with Crippen molar-refractivity contribution in [2.75, 3.05) is 11.9 Å². The summed E-state index contributed by atoms with van der Waals surface area (Å²) in [5.41, 5.74) is 0.636. The van der Waals surface area contributed by atoms with Crippen molar-refractivity contribution in [2.24, 2.45) is 0 Å². The van der Waals surface area contributed by atoms with Crippen LogP contribution in [0.25, 0.3) is 0 Å². The number of amides is 2. The molecule has 0 spiro atoms. The zero-order valence-corrected chi connectivity index (χ0v) is 12.0. The van der Waals surface area contributed by atoms with Crippen molar-refractivity contribution in [1.29, 1.82) is 0 Å². The van der Waals surface area contributed by atoms with Gasteiger partial charge in [0.15, 0.2) is 0 Å². The molecule has 1 unspecified atom stereocenters. The van der Waals surface area contributed by atoms with Crippen molar-refractivity contribution in [3.05, 3.63) is 12.4 Å². The summed E-state index contributed by atoms with van der Waals surface area (Å²) in [6, 6.07) is 0.635. The number of anilines is 1. The van der Waals surface area contributed by atoms with Crippen molar-refractivity contribution in [3.8, 4) is 0 Å². The summed E-state index contributed by atoms with van der Waals surface area (Å²) in [6.07, 6.45) is 8.06. The lowest BCUT2D eigenvalue weighted by Crippen LogP contribution is -2.29. The van der Waals surface area contributed by atoms with E-state index >= 15 is 0 Å². The van der Waals surface area contributed by atoms with E-state index in [1.165, 1.54) is 0 Å². The first-order valence-corrected chi connectivity index (χ1v) is 7.54. The number of rotatable bonds is 6. The summed E-state index contributed by atoms with van der Waals surface area (Å²) in [7, 11) is 0. The van der Waals surface area contributed by atoms with Gasteiger partial charge in [0, 0.05) is 24.7 Å². The van der Waals surface area contributed by atoms with Gasteiger partial charge in [0.05, 0.1) is 11.9 Å². The van der Waals surface area contributed by atoms with Crippen molar-refractivity contribution < 1.29 is 9.59 Å². The standard InChI is InChI=1S/C14H21N5O2/c20-13(6-11-2-1-5-15-11)18-12-7-16-19(8-12)9-14(21)17-10-3-4-10/h7-8,10-11,15H,1-6,9H2,(H,17,21)(H,18,20). The molecule has 7 nitrogen and oxygen atoms in total. The molecule has 1 saturated carbocycles. The van der Waals surface area contributed by atoms with Crippen LogP contribution in [0.1, 0.15) is 32.1 Å². The highest BCUT2D eigenvalue weighted by Gasteiger charge is 2.23. The predicted octanol–water partition coefficient (Wildman–Crippen LogP) is 0.242. The Labute approximate surface area is 123 Å². The van der Waals surface area contributed by atoms with Gasteiger partial charge in [0.1, 0.15) is 6.54 Å². The van der Waals surface area contributed by atoms with Gasteiger partial charge < -0.3 is 16.0 Å². The third-order valence-electron chi connectivity index (χ3n) is 3.76. The molecule has 21 heavy (non-hydrogen) atoms. The van der Waals surface area contributed by atoms with E-state index in [9.17, 15) is 9.59 Å². The minimum atomic E-state index is -0.0337. The van der Waals surface area contributed by atoms with Gasteiger partial charge in [-0.15, -0.1) is 0 Å². The molecule has 2 fully saturated rings. The SMILES string of the molecule is O=C(CC1CCCN1)Nc1cnn(CC(=O)NC2CC2)c1. The maximum absolute atomic E-state index is 11.9. The minimum absolute atomic E-state index is 0.0172. The zero-order chi connectivity index (χ0) is 14.7. The quantitative estimate of drug-likeness (QED) is 0.700. The lowest BCUT2D eigenvalue weighted by molar-refractivity contribution is -0.122. The molecule has 7 heteroatoms. The second kappa shape index (κ2) is 6.26. The van der Waals surface area contributed by atoms with Crippen LogP contribution in [0, 0.1) is 0 Å². The molecule has 1 aromatic heterocycles. The molecular weight excluding hydrogens is 270 g/mol. The monoisotopic (exact) mass is 291 g/mol. The number of hydrogen-bond donors (Lipinski definition) is 3. The fourth-order valence-corrected chi connectivity index (χ4v) is 2.53. The Bertz CT molecular complexity index is 517. The molecule has 0 aromatic carbocycles. The Kier molecular flexibility index (Phi) is 4.19. The first kappa shape index (κ1) is 14.1. The molecule has 1 aliphatic carbocycles. The van der Waals surface area contributed by atoms with Gasteiger partial charge in [-0.05, 0) is 32.2 Å². The minimum Gasteiger partial charge on any atom is -0.352 e. The van der Waals surface area contributed by atoms with Crippen LogP contribution in [0.5, 0.6) is 0 Å². The predicted molar refractivity (Wildman–Crippen MR) is 77.7 cm³/mol. The molecule has 1 saturated heterocycles.